The average molecular weight is 269 g/mol. The van der Waals surface area contributed by atoms with Crippen LogP contribution in [0.1, 0.15) is 36.7 Å². The highest BCUT2D eigenvalue weighted by Crippen LogP contribution is 2.39. The number of carbonyl (C=O) groups excluding carboxylic acids is 1. The zero-order chi connectivity index (χ0) is 14.2. The lowest BCUT2D eigenvalue weighted by Crippen LogP contribution is -2.40. The molecule has 1 fully saturated rings. The largest absolute Gasteiger partial charge is 0.398 e. The van der Waals surface area contributed by atoms with Crippen LogP contribution in [-0.2, 0) is 0 Å². The van der Waals surface area contributed by atoms with Crippen LogP contribution in [-0.4, -0.2) is 17.4 Å². The van der Waals surface area contributed by atoms with Crippen LogP contribution in [0.5, 0.6) is 0 Å². The fourth-order valence-electron chi connectivity index (χ4n) is 2.66. The van der Waals surface area contributed by atoms with Gasteiger partial charge in [-0.15, -0.1) is 0 Å². The lowest BCUT2D eigenvalue weighted by molar-refractivity contribution is 0.0886. The molecule has 0 saturated heterocycles. The zero-order valence-electron chi connectivity index (χ0n) is 11.6. The molecule has 1 heterocycles. The molecule has 0 atom stereocenters. The smallest absolute Gasteiger partial charge is 0.270 e. The maximum Gasteiger partial charge on any atom is 0.270 e. The zero-order valence-corrected chi connectivity index (χ0v) is 11.6. The van der Waals surface area contributed by atoms with Gasteiger partial charge in [0.05, 0.1) is 5.52 Å². The summed E-state index contributed by atoms with van der Waals surface area (Å²) >= 11 is 0. The molecular formula is C16H19N3O. The number of hydrogen-bond acceptors (Lipinski definition) is 3. The Balaban J connectivity index is 1.80. The highest BCUT2D eigenvalue weighted by Gasteiger charge is 2.32. The van der Waals surface area contributed by atoms with Crippen molar-refractivity contribution in [1.29, 1.82) is 0 Å². The third-order valence-corrected chi connectivity index (χ3v) is 4.22. The SMILES string of the molecule is CC1(CNC(=O)c2cc(N)c3ccccc3n2)CCC1. The fourth-order valence-corrected chi connectivity index (χ4v) is 2.66. The van der Waals surface area contributed by atoms with Crippen LogP contribution in [0, 0.1) is 5.41 Å². The second-order valence-electron chi connectivity index (χ2n) is 5.96. The third kappa shape index (κ3) is 2.33. The minimum Gasteiger partial charge on any atom is -0.398 e. The van der Waals surface area contributed by atoms with Gasteiger partial charge in [-0.1, -0.05) is 31.5 Å². The van der Waals surface area contributed by atoms with Crippen LogP contribution in [0.2, 0.25) is 0 Å². The van der Waals surface area contributed by atoms with Gasteiger partial charge in [-0.25, -0.2) is 4.98 Å². The Morgan fingerprint density at radius 1 is 1.40 bits per heavy atom. The molecule has 4 heteroatoms. The van der Waals surface area contributed by atoms with E-state index in [1.165, 1.54) is 19.3 Å². The number of carbonyl (C=O) groups is 1. The molecule has 104 valence electrons. The van der Waals surface area contributed by atoms with Gasteiger partial charge in [0.15, 0.2) is 0 Å². The molecule has 0 spiro atoms. The maximum absolute atomic E-state index is 12.2. The number of rotatable bonds is 3. The van der Waals surface area contributed by atoms with Gasteiger partial charge in [-0.2, -0.15) is 0 Å². The number of fused-ring (bicyclic) bond motifs is 1. The van der Waals surface area contributed by atoms with E-state index in [1.807, 2.05) is 24.3 Å². The first-order valence-corrected chi connectivity index (χ1v) is 7.01. The second kappa shape index (κ2) is 4.78. The predicted octanol–water partition coefficient (Wildman–Crippen LogP) is 2.74. The molecule has 1 aromatic heterocycles. The highest BCUT2D eigenvalue weighted by molar-refractivity contribution is 5.99. The van der Waals surface area contributed by atoms with Crippen LogP contribution in [0.4, 0.5) is 5.69 Å². The van der Waals surface area contributed by atoms with Crippen molar-refractivity contribution in [2.24, 2.45) is 5.41 Å². The van der Waals surface area contributed by atoms with Gasteiger partial charge in [-0.05, 0) is 30.4 Å². The van der Waals surface area contributed by atoms with E-state index < -0.39 is 0 Å². The summed E-state index contributed by atoms with van der Waals surface area (Å²) in [7, 11) is 0. The van der Waals surface area contributed by atoms with E-state index in [2.05, 4.69) is 17.2 Å². The monoisotopic (exact) mass is 269 g/mol. The number of nitrogen functional groups attached to an aromatic ring is 1. The Hall–Kier alpha value is -2.10. The molecule has 0 bridgehead atoms. The molecule has 3 N–H and O–H groups in total. The Morgan fingerprint density at radius 3 is 2.85 bits per heavy atom. The molecule has 1 aliphatic carbocycles. The van der Waals surface area contributed by atoms with Gasteiger partial charge in [0.1, 0.15) is 5.69 Å². The Bertz CT molecular complexity index is 662. The van der Waals surface area contributed by atoms with Gasteiger partial charge >= 0.3 is 0 Å². The van der Waals surface area contributed by atoms with E-state index in [4.69, 9.17) is 5.73 Å². The van der Waals surface area contributed by atoms with Crippen LogP contribution < -0.4 is 11.1 Å². The fraction of sp³-hybridized carbons (Fsp3) is 0.375. The van der Waals surface area contributed by atoms with Crippen molar-refractivity contribution < 1.29 is 4.79 Å². The first-order valence-electron chi connectivity index (χ1n) is 7.01. The van der Waals surface area contributed by atoms with E-state index in [9.17, 15) is 4.79 Å². The van der Waals surface area contributed by atoms with Gasteiger partial charge in [-0.3, -0.25) is 4.79 Å². The third-order valence-electron chi connectivity index (χ3n) is 4.22. The van der Waals surface area contributed by atoms with Crippen molar-refractivity contribution in [3.63, 3.8) is 0 Å². The average Bonchev–Trinajstić information content (AvgIpc) is 2.42. The van der Waals surface area contributed by atoms with Gasteiger partial charge in [0, 0.05) is 17.6 Å². The standard InChI is InChI=1S/C16H19N3O/c1-16(7-4-8-16)10-18-15(20)14-9-12(17)11-5-2-3-6-13(11)19-14/h2-3,5-6,9H,4,7-8,10H2,1H3,(H2,17,19)(H,18,20). The lowest BCUT2D eigenvalue weighted by Gasteiger charge is -2.38. The van der Waals surface area contributed by atoms with Gasteiger partial charge in [0.25, 0.3) is 5.91 Å². The number of anilines is 1. The van der Waals surface area contributed by atoms with E-state index in [0.29, 0.717) is 17.9 Å². The predicted molar refractivity (Wildman–Crippen MR) is 80.4 cm³/mol. The Morgan fingerprint density at radius 2 is 2.15 bits per heavy atom. The molecule has 1 saturated carbocycles. The molecule has 0 unspecified atom stereocenters. The summed E-state index contributed by atoms with van der Waals surface area (Å²) in [6, 6.07) is 9.24. The molecule has 0 radical (unpaired) electrons. The van der Waals surface area contributed by atoms with Crippen LogP contribution in [0.25, 0.3) is 10.9 Å². The van der Waals surface area contributed by atoms with E-state index in [1.54, 1.807) is 6.07 Å². The number of hydrogen-bond donors (Lipinski definition) is 2. The summed E-state index contributed by atoms with van der Waals surface area (Å²) in [6.45, 7) is 2.92. The maximum atomic E-state index is 12.2. The lowest BCUT2D eigenvalue weighted by atomic mass is 9.70. The van der Waals surface area contributed by atoms with E-state index in [0.717, 1.165) is 10.9 Å². The minimum atomic E-state index is -0.143. The molecule has 1 aromatic carbocycles. The number of nitrogens with one attached hydrogen (secondary N) is 1. The second-order valence-corrected chi connectivity index (χ2v) is 5.96. The quantitative estimate of drug-likeness (QED) is 0.900. The summed E-state index contributed by atoms with van der Waals surface area (Å²) in [5, 5.41) is 3.86. The number of amides is 1. The molecular weight excluding hydrogens is 250 g/mol. The normalized spacial score (nSPS) is 16.6. The first kappa shape index (κ1) is 12.9. The number of nitrogens with two attached hydrogens (primary N) is 1. The minimum absolute atomic E-state index is 0.143. The first-order chi connectivity index (χ1) is 9.57. The molecule has 4 nitrogen and oxygen atoms in total. The van der Waals surface area contributed by atoms with Crippen molar-refractivity contribution in [3.8, 4) is 0 Å². The van der Waals surface area contributed by atoms with E-state index in [-0.39, 0.29) is 11.3 Å². The summed E-state index contributed by atoms with van der Waals surface area (Å²) in [6.07, 6.45) is 3.62. The molecule has 3 rings (SSSR count). The molecule has 1 aliphatic rings. The van der Waals surface area contributed by atoms with Crippen LogP contribution in [0.3, 0.4) is 0 Å². The summed E-state index contributed by atoms with van der Waals surface area (Å²) < 4.78 is 0. The topological polar surface area (TPSA) is 68.0 Å². The van der Waals surface area contributed by atoms with Crippen molar-refractivity contribution in [3.05, 3.63) is 36.0 Å². The molecule has 1 amide bonds. The highest BCUT2D eigenvalue weighted by atomic mass is 16.1. The molecule has 20 heavy (non-hydrogen) atoms. The number of benzene rings is 1. The van der Waals surface area contributed by atoms with Crippen molar-refractivity contribution in [1.82, 2.24) is 10.3 Å². The number of para-hydroxylation sites is 1. The summed E-state index contributed by atoms with van der Waals surface area (Å²) in [5.41, 5.74) is 8.00. The molecule has 2 aromatic rings. The van der Waals surface area contributed by atoms with E-state index >= 15 is 0 Å². The van der Waals surface area contributed by atoms with Crippen molar-refractivity contribution >= 4 is 22.5 Å². The Labute approximate surface area is 118 Å². The van der Waals surface area contributed by atoms with Crippen LogP contribution in [0.15, 0.2) is 30.3 Å². The van der Waals surface area contributed by atoms with Gasteiger partial charge in [0.2, 0.25) is 0 Å². The van der Waals surface area contributed by atoms with Crippen LogP contribution >= 0.6 is 0 Å². The molecule has 0 aliphatic heterocycles. The number of nitrogens with zero attached hydrogens (tertiary/aromatic N) is 1. The van der Waals surface area contributed by atoms with Crippen molar-refractivity contribution in [2.75, 3.05) is 12.3 Å². The number of aromatic nitrogens is 1. The Kier molecular flexibility index (Phi) is 3.08. The summed E-state index contributed by atoms with van der Waals surface area (Å²) in [4.78, 5) is 16.6. The summed E-state index contributed by atoms with van der Waals surface area (Å²) in [5.74, 6) is -0.143. The van der Waals surface area contributed by atoms with Gasteiger partial charge < -0.3 is 11.1 Å². The van der Waals surface area contributed by atoms with Crippen molar-refractivity contribution in [2.45, 2.75) is 26.2 Å². The number of pyridine rings is 1.